The fourth-order valence-corrected chi connectivity index (χ4v) is 6.37. The molecule has 0 aliphatic carbocycles. The topological polar surface area (TPSA) is 283 Å². The third kappa shape index (κ3) is 10.5. The number of hydrogen-bond acceptors (Lipinski definition) is 11. The van der Waals surface area contributed by atoms with Gasteiger partial charge in [-0.2, -0.15) is 11.8 Å². The number of para-hydroxylation sites is 1. The Bertz CT molecular complexity index is 1900. The second-order valence-electron chi connectivity index (χ2n) is 12.6. The molecule has 1 aromatic carbocycles. The molecule has 5 amide bonds. The molecule has 2 aromatic heterocycles. The molecule has 3 heterocycles. The van der Waals surface area contributed by atoms with E-state index < -0.39 is 83.6 Å². The summed E-state index contributed by atoms with van der Waals surface area (Å²) in [5.74, 6) is -2.90. The van der Waals surface area contributed by atoms with Crippen LogP contribution in [0.1, 0.15) is 31.6 Å². The highest BCUT2D eigenvalue weighted by atomic mass is 32.2. The van der Waals surface area contributed by atoms with Gasteiger partial charge in [-0.3, -0.25) is 28.7 Å². The van der Waals surface area contributed by atoms with Crippen molar-refractivity contribution in [2.45, 2.75) is 68.8 Å². The molecule has 1 saturated heterocycles. The molecule has 0 radical (unpaired) electrons. The van der Waals surface area contributed by atoms with Gasteiger partial charge >= 0.3 is 17.7 Å². The molecule has 288 valence electrons. The number of benzene rings is 1. The zero-order chi connectivity index (χ0) is 38.8. The molecule has 1 aliphatic heterocycles. The molecule has 19 nitrogen and oxygen atoms in total. The van der Waals surface area contributed by atoms with Crippen LogP contribution in [0.4, 0.5) is 4.79 Å². The van der Waals surface area contributed by atoms with Crippen molar-refractivity contribution in [1.29, 1.82) is 0 Å². The summed E-state index contributed by atoms with van der Waals surface area (Å²) in [6.45, 7) is 0.983. The molecule has 53 heavy (non-hydrogen) atoms. The molecule has 0 spiro atoms. The van der Waals surface area contributed by atoms with Gasteiger partial charge in [0.1, 0.15) is 24.2 Å². The monoisotopic (exact) mass is 759 g/mol. The minimum atomic E-state index is -1.37. The van der Waals surface area contributed by atoms with Gasteiger partial charge in [-0.25, -0.2) is 14.4 Å². The number of likely N-dealkylation sites (N-methyl/N-ethyl adjacent to an activating group) is 1. The van der Waals surface area contributed by atoms with E-state index in [2.05, 4.69) is 31.2 Å². The number of carboxylic acid groups (broad SMARTS) is 1. The van der Waals surface area contributed by atoms with Crippen molar-refractivity contribution in [3.63, 3.8) is 0 Å². The van der Waals surface area contributed by atoms with Crippen LogP contribution in [0.15, 0.2) is 52.3 Å². The van der Waals surface area contributed by atoms with Crippen molar-refractivity contribution in [3.8, 4) is 0 Å². The average molecular weight is 760 g/mol. The van der Waals surface area contributed by atoms with Gasteiger partial charge < -0.3 is 51.8 Å². The smallest absolute Gasteiger partial charge is 0.330 e. The number of carboxylic acids is 1. The number of hydrogen-bond donors (Lipinski definition) is 9. The minimum absolute atomic E-state index is 0.0160. The van der Waals surface area contributed by atoms with E-state index in [0.29, 0.717) is 11.3 Å². The maximum absolute atomic E-state index is 13.7. The van der Waals surface area contributed by atoms with Gasteiger partial charge in [-0.1, -0.05) is 18.2 Å². The first-order chi connectivity index (χ1) is 25.2. The standard InChI is InChI=1S/C33H45N9O10S/c1-17(41(2)26(45)14-34)27(29(47)36-16-19-13-24(43)30(52-19)42-10-8-25(44)39-33(42)51)40-28(46)22(9-11-53-3)37-32(50)38-23(31(48)49)12-18-15-35-21-7-5-4-6-20(18)21/h4-8,10,15,17,19,22-24,27,30,35,43H,9,11-14,16,34H2,1-3H3,(H,36,47)(H,40,46)(H,48,49)(H2,37,38,50)(H,39,44,51)/t17-,19+,22-,23-,24+,27?,30+/m0/s1. The Hall–Kier alpha value is -5.18. The molecule has 20 heteroatoms. The first-order valence-corrected chi connectivity index (χ1v) is 18.2. The van der Waals surface area contributed by atoms with Crippen LogP contribution in [0.25, 0.3) is 10.9 Å². The van der Waals surface area contributed by atoms with Crippen LogP contribution in [-0.2, 0) is 30.3 Å². The number of rotatable bonds is 17. The van der Waals surface area contributed by atoms with Crippen molar-refractivity contribution >= 4 is 52.4 Å². The largest absolute Gasteiger partial charge is 0.480 e. The molecule has 7 atom stereocenters. The van der Waals surface area contributed by atoms with Crippen LogP contribution in [0.3, 0.4) is 0 Å². The number of thioether (sulfide) groups is 1. The van der Waals surface area contributed by atoms with Crippen molar-refractivity contribution in [3.05, 3.63) is 69.1 Å². The van der Waals surface area contributed by atoms with Crippen LogP contribution in [-0.4, -0.2) is 128 Å². The van der Waals surface area contributed by atoms with E-state index in [9.17, 15) is 43.8 Å². The lowest BCUT2D eigenvalue weighted by Gasteiger charge is -2.33. The predicted octanol–water partition coefficient (Wildman–Crippen LogP) is -1.81. The summed E-state index contributed by atoms with van der Waals surface area (Å²) in [6, 6.07) is 2.61. The van der Waals surface area contributed by atoms with Gasteiger partial charge in [0.2, 0.25) is 17.7 Å². The van der Waals surface area contributed by atoms with Gasteiger partial charge in [-0.15, -0.1) is 0 Å². The van der Waals surface area contributed by atoms with Gasteiger partial charge in [0.25, 0.3) is 5.56 Å². The quantitative estimate of drug-likeness (QED) is 0.0737. The molecule has 4 rings (SSSR count). The van der Waals surface area contributed by atoms with E-state index in [1.54, 1.807) is 12.5 Å². The molecule has 10 N–H and O–H groups in total. The fraction of sp³-hybridized carbons (Fsp3) is 0.485. The van der Waals surface area contributed by atoms with E-state index in [4.69, 9.17) is 10.5 Å². The summed E-state index contributed by atoms with van der Waals surface area (Å²) in [5, 5.41) is 31.5. The Kier molecular flexibility index (Phi) is 14.2. The van der Waals surface area contributed by atoms with E-state index in [0.717, 1.165) is 21.5 Å². The third-order valence-corrected chi connectivity index (χ3v) is 9.62. The number of aliphatic hydroxyl groups excluding tert-OH is 1. The summed E-state index contributed by atoms with van der Waals surface area (Å²) in [5.41, 5.74) is 5.60. The Morgan fingerprint density at radius 3 is 2.49 bits per heavy atom. The number of nitrogens with two attached hydrogens (primary N) is 1. The summed E-state index contributed by atoms with van der Waals surface area (Å²) >= 11 is 1.39. The van der Waals surface area contributed by atoms with E-state index in [1.807, 2.05) is 24.3 Å². The molecule has 0 saturated carbocycles. The number of ether oxygens (including phenoxy) is 1. The van der Waals surface area contributed by atoms with Gasteiger partial charge in [0.15, 0.2) is 6.23 Å². The van der Waals surface area contributed by atoms with Crippen LogP contribution < -0.4 is 38.2 Å². The van der Waals surface area contributed by atoms with E-state index in [-0.39, 0.29) is 32.4 Å². The Morgan fingerprint density at radius 1 is 1.09 bits per heavy atom. The summed E-state index contributed by atoms with van der Waals surface area (Å²) in [6.07, 6.45) is 1.66. The zero-order valence-corrected chi connectivity index (χ0v) is 30.2. The average Bonchev–Trinajstić information content (AvgIpc) is 3.72. The molecule has 0 bridgehead atoms. The molecule has 1 fully saturated rings. The number of carbonyl (C=O) groups is 5. The molecule has 1 unspecified atom stereocenters. The van der Waals surface area contributed by atoms with Crippen LogP contribution in [0.5, 0.6) is 0 Å². The second kappa shape index (κ2) is 18.5. The lowest BCUT2D eigenvalue weighted by atomic mass is 10.0. The van der Waals surface area contributed by atoms with Crippen molar-refractivity contribution in [2.24, 2.45) is 5.73 Å². The number of urea groups is 1. The van der Waals surface area contributed by atoms with Crippen molar-refractivity contribution in [2.75, 3.05) is 32.1 Å². The Balaban J connectivity index is 1.45. The first kappa shape index (κ1) is 40.6. The number of aliphatic hydroxyl groups is 1. The second-order valence-corrected chi connectivity index (χ2v) is 13.5. The molecule has 3 aromatic rings. The highest BCUT2D eigenvalue weighted by Gasteiger charge is 2.38. The lowest BCUT2D eigenvalue weighted by molar-refractivity contribution is -0.139. The normalized spacial score (nSPS) is 19.1. The zero-order valence-electron chi connectivity index (χ0n) is 29.4. The number of aromatic amines is 2. The number of H-pyrrole nitrogens is 2. The Labute approximate surface area is 307 Å². The first-order valence-electron chi connectivity index (χ1n) is 16.8. The van der Waals surface area contributed by atoms with Crippen molar-refractivity contribution in [1.82, 2.24) is 40.7 Å². The minimum Gasteiger partial charge on any atom is -0.480 e. The highest BCUT2D eigenvalue weighted by Crippen LogP contribution is 2.27. The SMILES string of the molecule is CSCC[C@H](NC(=O)N[C@@H](Cc1c[nH]c2ccccc12)C(=O)O)C(=O)NC(C(=O)NC[C@H]1C[C@@H](O)[C@H](n2ccc(=O)[nH]c2=O)O1)[C@H](C)N(C)C(=O)CN. The number of amides is 5. The van der Waals surface area contributed by atoms with E-state index in [1.165, 1.54) is 36.8 Å². The molecule has 1 aliphatic rings. The number of carbonyl (C=O) groups excluding carboxylic acids is 4. The highest BCUT2D eigenvalue weighted by molar-refractivity contribution is 7.98. The van der Waals surface area contributed by atoms with Gasteiger partial charge in [0, 0.05) is 55.8 Å². The van der Waals surface area contributed by atoms with Crippen LogP contribution in [0, 0.1) is 0 Å². The fourth-order valence-electron chi connectivity index (χ4n) is 5.90. The number of fused-ring (bicyclic) bond motifs is 1. The predicted molar refractivity (Wildman–Crippen MR) is 194 cm³/mol. The number of aliphatic carboxylic acids is 1. The Morgan fingerprint density at radius 2 is 1.81 bits per heavy atom. The molecular formula is C33H45N9O10S. The summed E-state index contributed by atoms with van der Waals surface area (Å²) in [4.78, 5) is 95.2. The third-order valence-electron chi connectivity index (χ3n) is 8.97. The van der Waals surface area contributed by atoms with Crippen LogP contribution in [0.2, 0.25) is 0 Å². The number of aromatic nitrogens is 3. The van der Waals surface area contributed by atoms with Crippen LogP contribution >= 0.6 is 11.8 Å². The number of nitrogens with zero attached hydrogens (tertiary/aromatic N) is 2. The lowest BCUT2D eigenvalue weighted by Crippen LogP contribution is -2.62. The number of nitrogens with one attached hydrogen (secondary N) is 6. The van der Waals surface area contributed by atoms with Crippen molar-refractivity contribution < 1.29 is 38.9 Å². The summed E-state index contributed by atoms with van der Waals surface area (Å²) < 4.78 is 6.81. The van der Waals surface area contributed by atoms with Gasteiger partial charge in [0.05, 0.1) is 18.7 Å². The maximum Gasteiger partial charge on any atom is 0.330 e. The molecular weight excluding hydrogens is 714 g/mol. The summed E-state index contributed by atoms with van der Waals surface area (Å²) in [7, 11) is 1.41. The van der Waals surface area contributed by atoms with E-state index >= 15 is 0 Å². The maximum atomic E-state index is 13.7. The van der Waals surface area contributed by atoms with Gasteiger partial charge in [-0.05, 0) is 37.0 Å².